The summed E-state index contributed by atoms with van der Waals surface area (Å²) in [7, 11) is -4.74. The first-order chi connectivity index (χ1) is 19.5. The Morgan fingerprint density at radius 1 is 0.634 bits per heavy atom. The normalized spacial score (nSPS) is 13.3. The molecular formula is C32H63O8P. The number of phosphoric ester groups is 1. The van der Waals surface area contributed by atoms with Crippen LogP contribution in [0.5, 0.6) is 0 Å². The van der Waals surface area contributed by atoms with Crippen molar-refractivity contribution in [2.24, 2.45) is 11.8 Å². The molecule has 9 heteroatoms. The largest absolute Gasteiger partial charge is 0.469 e. The predicted molar refractivity (Wildman–Crippen MR) is 165 cm³/mol. The van der Waals surface area contributed by atoms with Crippen LogP contribution < -0.4 is 0 Å². The molecule has 0 aromatic rings. The van der Waals surface area contributed by atoms with Crippen molar-refractivity contribution in [3.63, 3.8) is 0 Å². The van der Waals surface area contributed by atoms with Gasteiger partial charge in [0.1, 0.15) is 6.61 Å². The number of hydrogen-bond acceptors (Lipinski definition) is 6. The quantitative estimate of drug-likeness (QED) is 0.0492. The minimum atomic E-state index is -4.74. The second-order valence-corrected chi connectivity index (χ2v) is 13.5. The summed E-state index contributed by atoms with van der Waals surface area (Å²) in [4.78, 5) is 42.4. The lowest BCUT2D eigenvalue weighted by molar-refractivity contribution is -0.161. The topological polar surface area (TPSA) is 119 Å². The second kappa shape index (κ2) is 26.7. The fourth-order valence-corrected chi connectivity index (χ4v) is 5.07. The Kier molecular flexibility index (Phi) is 26.0. The maximum absolute atomic E-state index is 12.3. The molecule has 0 radical (unpaired) electrons. The molecule has 1 unspecified atom stereocenters. The van der Waals surface area contributed by atoms with Gasteiger partial charge in [-0.15, -0.1) is 0 Å². The molecule has 0 fully saturated rings. The van der Waals surface area contributed by atoms with Crippen molar-refractivity contribution >= 4 is 19.8 Å². The van der Waals surface area contributed by atoms with Gasteiger partial charge in [0, 0.05) is 12.8 Å². The Morgan fingerprint density at radius 2 is 1.07 bits per heavy atom. The van der Waals surface area contributed by atoms with E-state index in [1.165, 1.54) is 77.0 Å². The molecule has 2 N–H and O–H groups in total. The fourth-order valence-electron chi connectivity index (χ4n) is 4.71. The number of ether oxygens (including phenoxy) is 2. The SMILES string of the molecule is CCC(C)CCCCCCCCC(=O)OC[C@H](COP(=O)(O)O)OC(=O)CCCCCCCCCCCCC(C)C. The summed E-state index contributed by atoms with van der Waals surface area (Å²) in [5.41, 5.74) is 0. The van der Waals surface area contributed by atoms with Crippen LogP contribution in [0.25, 0.3) is 0 Å². The first-order valence-corrected chi connectivity index (χ1v) is 18.1. The van der Waals surface area contributed by atoms with Gasteiger partial charge < -0.3 is 19.3 Å². The highest BCUT2D eigenvalue weighted by Gasteiger charge is 2.22. The van der Waals surface area contributed by atoms with Gasteiger partial charge in [0.15, 0.2) is 6.10 Å². The molecule has 41 heavy (non-hydrogen) atoms. The number of rotatable bonds is 29. The molecule has 244 valence electrons. The average molecular weight is 607 g/mol. The number of phosphoric acid groups is 1. The van der Waals surface area contributed by atoms with E-state index < -0.39 is 32.5 Å². The minimum absolute atomic E-state index is 0.216. The van der Waals surface area contributed by atoms with Crippen molar-refractivity contribution in [2.75, 3.05) is 13.2 Å². The van der Waals surface area contributed by atoms with Gasteiger partial charge in [0.05, 0.1) is 6.61 Å². The van der Waals surface area contributed by atoms with E-state index in [0.29, 0.717) is 6.42 Å². The van der Waals surface area contributed by atoms with Crippen LogP contribution in [0.2, 0.25) is 0 Å². The van der Waals surface area contributed by atoms with Crippen molar-refractivity contribution in [3.8, 4) is 0 Å². The molecule has 0 amide bonds. The summed E-state index contributed by atoms with van der Waals surface area (Å²) in [5, 5.41) is 0. The summed E-state index contributed by atoms with van der Waals surface area (Å²) >= 11 is 0. The van der Waals surface area contributed by atoms with Crippen LogP contribution in [0, 0.1) is 11.8 Å². The zero-order valence-electron chi connectivity index (χ0n) is 26.8. The number of esters is 2. The third kappa shape index (κ3) is 30.3. The lowest BCUT2D eigenvalue weighted by atomic mass is 10.00. The number of hydrogen-bond donors (Lipinski definition) is 2. The standard InChI is InChI=1S/C32H63O8P/c1-5-29(4)23-19-15-12-13-16-20-24-31(33)38-26-30(27-39-41(35,36)37)40-32(34)25-21-17-11-9-7-6-8-10-14-18-22-28(2)3/h28-30H,5-27H2,1-4H3,(H2,35,36,37)/t29?,30-/m1/s1. The monoisotopic (exact) mass is 606 g/mol. The van der Waals surface area contributed by atoms with Gasteiger partial charge in [0.25, 0.3) is 0 Å². The van der Waals surface area contributed by atoms with E-state index in [-0.39, 0.29) is 19.4 Å². The minimum Gasteiger partial charge on any atom is -0.462 e. The first-order valence-electron chi connectivity index (χ1n) is 16.6. The molecule has 0 spiro atoms. The van der Waals surface area contributed by atoms with E-state index in [9.17, 15) is 14.2 Å². The maximum atomic E-state index is 12.3. The molecule has 0 aromatic carbocycles. The highest BCUT2D eigenvalue weighted by Crippen LogP contribution is 2.36. The van der Waals surface area contributed by atoms with Crippen LogP contribution in [0.1, 0.15) is 163 Å². The number of carbonyl (C=O) groups excluding carboxylic acids is 2. The van der Waals surface area contributed by atoms with Crippen molar-refractivity contribution in [3.05, 3.63) is 0 Å². The fraction of sp³-hybridized carbons (Fsp3) is 0.938. The molecule has 0 saturated carbocycles. The number of unbranched alkanes of at least 4 members (excludes halogenated alkanes) is 14. The van der Waals surface area contributed by atoms with Crippen molar-refractivity contribution in [1.82, 2.24) is 0 Å². The maximum Gasteiger partial charge on any atom is 0.469 e. The van der Waals surface area contributed by atoms with Gasteiger partial charge in [-0.25, -0.2) is 4.57 Å². The molecule has 0 saturated heterocycles. The molecule has 0 aliphatic carbocycles. The Hall–Kier alpha value is -0.950. The summed E-state index contributed by atoms with van der Waals surface area (Å²) in [6, 6.07) is 0. The Labute approximate surface area is 251 Å². The van der Waals surface area contributed by atoms with Gasteiger partial charge in [0.2, 0.25) is 0 Å². The van der Waals surface area contributed by atoms with Crippen molar-refractivity contribution in [2.45, 2.75) is 169 Å². The van der Waals surface area contributed by atoms with Crippen LogP contribution in [0.3, 0.4) is 0 Å². The van der Waals surface area contributed by atoms with Gasteiger partial charge in [-0.2, -0.15) is 0 Å². The molecule has 0 aromatic heterocycles. The Bertz CT molecular complexity index is 679. The molecular weight excluding hydrogens is 543 g/mol. The van der Waals surface area contributed by atoms with Gasteiger partial charge in [-0.1, -0.05) is 137 Å². The first kappa shape index (κ1) is 40.1. The molecule has 0 bridgehead atoms. The van der Waals surface area contributed by atoms with Crippen LogP contribution in [-0.2, 0) is 28.2 Å². The summed E-state index contributed by atoms with van der Waals surface area (Å²) < 4.78 is 26.2. The molecule has 0 aliphatic heterocycles. The van der Waals surface area contributed by atoms with Crippen molar-refractivity contribution in [1.29, 1.82) is 0 Å². The zero-order chi connectivity index (χ0) is 30.8. The second-order valence-electron chi connectivity index (χ2n) is 12.2. The van der Waals surface area contributed by atoms with Gasteiger partial charge >= 0.3 is 19.8 Å². The lowest BCUT2D eigenvalue weighted by Gasteiger charge is -2.18. The molecule has 8 nitrogen and oxygen atoms in total. The average Bonchev–Trinajstić information content (AvgIpc) is 2.91. The van der Waals surface area contributed by atoms with E-state index in [2.05, 4.69) is 32.2 Å². The van der Waals surface area contributed by atoms with Crippen LogP contribution in [-0.4, -0.2) is 41.0 Å². The van der Waals surface area contributed by atoms with Crippen molar-refractivity contribution < 1.29 is 37.9 Å². The summed E-state index contributed by atoms with van der Waals surface area (Å²) in [5.74, 6) is 0.704. The third-order valence-corrected chi connectivity index (χ3v) is 8.08. The Morgan fingerprint density at radius 3 is 1.54 bits per heavy atom. The predicted octanol–water partition coefficient (Wildman–Crippen LogP) is 9.05. The van der Waals surface area contributed by atoms with E-state index in [4.69, 9.17) is 19.3 Å². The molecule has 0 aliphatic rings. The highest BCUT2D eigenvalue weighted by atomic mass is 31.2. The number of carbonyl (C=O) groups is 2. The van der Waals surface area contributed by atoms with E-state index in [1.54, 1.807) is 0 Å². The van der Waals surface area contributed by atoms with Gasteiger partial charge in [-0.05, 0) is 24.7 Å². The summed E-state index contributed by atoms with van der Waals surface area (Å²) in [6.45, 7) is 8.25. The van der Waals surface area contributed by atoms with Gasteiger partial charge in [-0.3, -0.25) is 14.1 Å². The van der Waals surface area contributed by atoms with Crippen LogP contribution >= 0.6 is 7.82 Å². The molecule has 0 heterocycles. The smallest absolute Gasteiger partial charge is 0.462 e. The van der Waals surface area contributed by atoms with Crippen LogP contribution in [0.15, 0.2) is 0 Å². The Balaban J connectivity index is 4.03. The lowest BCUT2D eigenvalue weighted by Crippen LogP contribution is -2.29. The summed E-state index contributed by atoms with van der Waals surface area (Å²) in [6.07, 6.45) is 21.3. The highest BCUT2D eigenvalue weighted by molar-refractivity contribution is 7.46. The molecule has 2 atom stereocenters. The van der Waals surface area contributed by atoms with E-state index >= 15 is 0 Å². The molecule has 0 rings (SSSR count). The van der Waals surface area contributed by atoms with E-state index in [0.717, 1.165) is 50.4 Å². The van der Waals surface area contributed by atoms with Crippen LogP contribution in [0.4, 0.5) is 0 Å². The zero-order valence-corrected chi connectivity index (χ0v) is 27.7. The third-order valence-electron chi connectivity index (χ3n) is 7.59. The van der Waals surface area contributed by atoms with E-state index in [1.807, 2.05) is 0 Å².